The SMILES string of the molecule is CCC1CCCC(CN)(N2CCOCC2)C1. The van der Waals surface area contributed by atoms with Crippen LogP contribution in [-0.2, 0) is 4.74 Å². The minimum atomic E-state index is 0.294. The van der Waals surface area contributed by atoms with Crippen molar-refractivity contribution in [3.8, 4) is 0 Å². The zero-order valence-electron chi connectivity index (χ0n) is 10.6. The summed E-state index contributed by atoms with van der Waals surface area (Å²) in [6.45, 7) is 7.07. The highest BCUT2D eigenvalue weighted by Gasteiger charge is 2.40. The van der Waals surface area contributed by atoms with Gasteiger partial charge in [0.15, 0.2) is 0 Å². The second-order valence-corrected chi connectivity index (χ2v) is 5.40. The number of hydrogen-bond donors (Lipinski definition) is 1. The van der Waals surface area contributed by atoms with E-state index in [2.05, 4.69) is 11.8 Å². The van der Waals surface area contributed by atoms with Crippen molar-refractivity contribution < 1.29 is 4.74 Å². The topological polar surface area (TPSA) is 38.5 Å². The summed E-state index contributed by atoms with van der Waals surface area (Å²) >= 11 is 0. The van der Waals surface area contributed by atoms with Crippen molar-refractivity contribution >= 4 is 0 Å². The van der Waals surface area contributed by atoms with Crippen LogP contribution < -0.4 is 5.73 Å². The summed E-state index contributed by atoms with van der Waals surface area (Å²) in [7, 11) is 0. The Morgan fingerprint density at radius 1 is 1.38 bits per heavy atom. The van der Waals surface area contributed by atoms with Gasteiger partial charge < -0.3 is 10.5 Å². The first-order valence-electron chi connectivity index (χ1n) is 6.83. The first-order chi connectivity index (χ1) is 7.80. The molecule has 2 rings (SSSR count). The van der Waals surface area contributed by atoms with Crippen LogP contribution in [0.4, 0.5) is 0 Å². The molecular formula is C13H26N2O. The molecule has 0 bridgehead atoms. The first kappa shape index (κ1) is 12.3. The zero-order valence-corrected chi connectivity index (χ0v) is 10.6. The molecule has 0 radical (unpaired) electrons. The van der Waals surface area contributed by atoms with E-state index >= 15 is 0 Å². The highest BCUT2D eigenvalue weighted by molar-refractivity contribution is 4.97. The van der Waals surface area contributed by atoms with Gasteiger partial charge in [-0.1, -0.05) is 26.2 Å². The molecule has 0 aromatic rings. The normalized spacial score (nSPS) is 37.5. The molecule has 0 amide bonds. The molecular weight excluding hydrogens is 200 g/mol. The molecule has 3 nitrogen and oxygen atoms in total. The molecule has 2 fully saturated rings. The molecule has 2 atom stereocenters. The number of hydrogen-bond acceptors (Lipinski definition) is 3. The molecule has 1 aliphatic heterocycles. The van der Waals surface area contributed by atoms with Crippen molar-refractivity contribution in [2.45, 2.75) is 44.6 Å². The highest BCUT2D eigenvalue weighted by Crippen LogP contribution is 2.38. The van der Waals surface area contributed by atoms with Gasteiger partial charge in [-0.15, -0.1) is 0 Å². The average molecular weight is 226 g/mol. The predicted octanol–water partition coefficient (Wildman–Crippen LogP) is 1.62. The van der Waals surface area contributed by atoms with Crippen molar-refractivity contribution in [3.05, 3.63) is 0 Å². The third-order valence-electron chi connectivity index (χ3n) is 4.56. The lowest BCUT2D eigenvalue weighted by molar-refractivity contribution is -0.0423. The summed E-state index contributed by atoms with van der Waals surface area (Å²) in [4.78, 5) is 2.61. The van der Waals surface area contributed by atoms with Crippen LogP contribution in [0.3, 0.4) is 0 Å². The van der Waals surface area contributed by atoms with Gasteiger partial charge in [0.05, 0.1) is 13.2 Å². The number of nitrogens with two attached hydrogens (primary N) is 1. The summed E-state index contributed by atoms with van der Waals surface area (Å²) < 4.78 is 5.45. The molecule has 1 aliphatic carbocycles. The number of nitrogens with zero attached hydrogens (tertiary/aromatic N) is 1. The van der Waals surface area contributed by atoms with E-state index < -0.39 is 0 Å². The lowest BCUT2D eigenvalue weighted by Crippen LogP contribution is -2.59. The molecule has 2 aliphatic rings. The van der Waals surface area contributed by atoms with Gasteiger partial charge in [-0.3, -0.25) is 4.90 Å². The Kier molecular flexibility index (Phi) is 4.22. The van der Waals surface area contributed by atoms with Gasteiger partial charge in [-0.25, -0.2) is 0 Å². The fraction of sp³-hybridized carbons (Fsp3) is 1.00. The van der Waals surface area contributed by atoms with E-state index in [1.165, 1.54) is 32.1 Å². The molecule has 3 heteroatoms. The molecule has 2 N–H and O–H groups in total. The van der Waals surface area contributed by atoms with Crippen LogP contribution in [0.2, 0.25) is 0 Å². The summed E-state index contributed by atoms with van der Waals surface area (Å²) in [5, 5.41) is 0. The van der Waals surface area contributed by atoms with Crippen molar-refractivity contribution in [3.63, 3.8) is 0 Å². The van der Waals surface area contributed by atoms with Crippen LogP contribution in [0.15, 0.2) is 0 Å². The van der Waals surface area contributed by atoms with Gasteiger partial charge in [-0.05, 0) is 18.8 Å². The van der Waals surface area contributed by atoms with Gasteiger partial charge >= 0.3 is 0 Å². The minimum Gasteiger partial charge on any atom is -0.379 e. The smallest absolute Gasteiger partial charge is 0.0594 e. The molecule has 1 saturated heterocycles. The summed E-state index contributed by atoms with van der Waals surface area (Å²) in [5.74, 6) is 0.889. The molecule has 1 saturated carbocycles. The van der Waals surface area contributed by atoms with Crippen molar-refractivity contribution in [2.75, 3.05) is 32.8 Å². The molecule has 2 unspecified atom stereocenters. The Balaban J connectivity index is 2.04. The van der Waals surface area contributed by atoms with Crippen LogP contribution in [0.1, 0.15) is 39.0 Å². The van der Waals surface area contributed by atoms with Crippen LogP contribution in [0.5, 0.6) is 0 Å². The van der Waals surface area contributed by atoms with Crippen LogP contribution in [-0.4, -0.2) is 43.3 Å². The summed E-state index contributed by atoms with van der Waals surface area (Å²) in [6, 6.07) is 0. The lowest BCUT2D eigenvalue weighted by Gasteiger charge is -2.49. The van der Waals surface area contributed by atoms with E-state index in [1.807, 2.05) is 0 Å². The molecule has 16 heavy (non-hydrogen) atoms. The Morgan fingerprint density at radius 3 is 2.75 bits per heavy atom. The maximum atomic E-state index is 6.10. The third kappa shape index (κ3) is 2.41. The molecule has 0 aromatic carbocycles. The predicted molar refractivity (Wildman–Crippen MR) is 66.4 cm³/mol. The van der Waals surface area contributed by atoms with Gasteiger partial charge in [-0.2, -0.15) is 0 Å². The zero-order chi connectivity index (χ0) is 11.4. The quantitative estimate of drug-likeness (QED) is 0.794. The summed E-state index contributed by atoms with van der Waals surface area (Å²) in [6.07, 6.45) is 6.67. The molecule has 0 aromatic heterocycles. The first-order valence-corrected chi connectivity index (χ1v) is 6.83. The van der Waals surface area contributed by atoms with E-state index in [4.69, 9.17) is 10.5 Å². The minimum absolute atomic E-state index is 0.294. The van der Waals surface area contributed by atoms with Crippen molar-refractivity contribution in [1.29, 1.82) is 0 Å². The van der Waals surface area contributed by atoms with E-state index in [1.54, 1.807) is 0 Å². The molecule has 94 valence electrons. The number of ether oxygens (including phenoxy) is 1. The Bertz CT molecular complexity index is 216. The molecule has 1 heterocycles. The second kappa shape index (κ2) is 5.48. The van der Waals surface area contributed by atoms with Crippen LogP contribution in [0, 0.1) is 5.92 Å². The summed E-state index contributed by atoms with van der Waals surface area (Å²) in [5.41, 5.74) is 6.40. The van der Waals surface area contributed by atoms with Crippen molar-refractivity contribution in [2.24, 2.45) is 11.7 Å². The standard InChI is InChI=1S/C13H26N2O/c1-2-12-4-3-5-13(10-12,11-14)15-6-8-16-9-7-15/h12H,2-11,14H2,1H3. The van der Waals surface area contributed by atoms with E-state index in [9.17, 15) is 0 Å². The highest BCUT2D eigenvalue weighted by atomic mass is 16.5. The van der Waals surface area contributed by atoms with Crippen LogP contribution in [0.25, 0.3) is 0 Å². The van der Waals surface area contributed by atoms with Gasteiger partial charge in [0.25, 0.3) is 0 Å². The number of rotatable bonds is 3. The van der Waals surface area contributed by atoms with Crippen molar-refractivity contribution in [1.82, 2.24) is 4.90 Å². The van der Waals surface area contributed by atoms with Gasteiger partial charge in [0.2, 0.25) is 0 Å². The van der Waals surface area contributed by atoms with E-state index in [-0.39, 0.29) is 0 Å². The van der Waals surface area contributed by atoms with E-state index in [0.717, 1.165) is 38.8 Å². The maximum Gasteiger partial charge on any atom is 0.0594 e. The molecule has 0 spiro atoms. The van der Waals surface area contributed by atoms with Gasteiger partial charge in [0.1, 0.15) is 0 Å². The monoisotopic (exact) mass is 226 g/mol. The fourth-order valence-electron chi connectivity index (χ4n) is 3.45. The Morgan fingerprint density at radius 2 is 2.12 bits per heavy atom. The maximum absolute atomic E-state index is 6.10. The lowest BCUT2D eigenvalue weighted by atomic mass is 9.73. The Hall–Kier alpha value is -0.120. The number of morpholine rings is 1. The fourth-order valence-corrected chi connectivity index (χ4v) is 3.45. The largest absolute Gasteiger partial charge is 0.379 e. The Labute approximate surface area is 99.3 Å². The van der Waals surface area contributed by atoms with Gasteiger partial charge in [0, 0.05) is 25.2 Å². The third-order valence-corrected chi connectivity index (χ3v) is 4.56. The second-order valence-electron chi connectivity index (χ2n) is 5.40. The average Bonchev–Trinajstić information content (AvgIpc) is 2.39. The van der Waals surface area contributed by atoms with E-state index in [0.29, 0.717) is 5.54 Å². The van der Waals surface area contributed by atoms with Crippen LogP contribution >= 0.6 is 0 Å².